The molecule has 1 aromatic heterocycles. The number of hydrogen-bond donors (Lipinski definition) is 0. The van der Waals surface area contributed by atoms with Crippen molar-refractivity contribution in [2.45, 2.75) is 12.8 Å². The Balaban J connectivity index is 0.00000121. The Morgan fingerprint density at radius 2 is 2.08 bits per heavy atom. The fourth-order valence-electron chi connectivity index (χ4n) is 0.513. The molecule has 0 radical (unpaired) electrons. The number of nitrogens with zero attached hydrogens (tertiary/aromatic N) is 1. The molecular weight excluding hydrogens is 202 g/mol. The Morgan fingerprint density at radius 1 is 1.50 bits per heavy atom. The molecule has 0 bridgehead atoms. The maximum Gasteiger partial charge on any atom is 1.00 e. The molecule has 1 heterocycles. The quantitative estimate of drug-likeness (QED) is 0.478. The van der Waals surface area contributed by atoms with Crippen LogP contribution in [0.5, 0.6) is 0 Å². The number of rotatable bonds is 1. The van der Waals surface area contributed by atoms with Gasteiger partial charge in [0.15, 0.2) is 0 Å². The van der Waals surface area contributed by atoms with E-state index in [9.17, 15) is 18.3 Å². The van der Waals surface area contributed by atoms with Gasteiger partial charge in [0.05, 0.1) is 5.69 Å². The van der Waals surface area contributed by atoms with Gasteiger partial charge < -0.3 is 9.63 Å². The van der Waals surface area contributed by atoms with Crippen LogP contribution in [0.25, 0.3) is 0 Å². The van der Waals surface area contributed by atoms with Crippen LogP contribution in [0.15, 0.2) is 10.6 Å². The van der Waals surface area contributed by atoms with Gasteiger partial charge in [0, 0.05) is 6.07 Å². The van der Waals surface area contributed by atoms with Gasteiger partial charge >= 0.3 is 57.6 Å². The summed E-state index contributed by atoms with van der Waals surface area (Å²) < 4.78 is 39.0. The van der Waals surface area contributed by atoms with Gasteiger partial charge in [-0.05, 0) is 0 Å². The number of halogens is 3. The first-order valence-corrected chi connectivity index (χ1v) is 2.65. The van der Waals surface area contributed by atoms with Crippen LogP contribution in [0, 0.1) is 0 Å². The molecule has 62 valence electrons. The van der Waals surface area contributed by atoms with Gasteiger partial charge in [-0.15, -0.1) is 0 Å². The molecule has 1 rings (SSSR count). The van der Waals surface area contributed by atoms with Crippen LogP contribution in [-0.2, 0) is 12.8 Å². The first-order chi connectivity index (χ1) is 5.04. The van der Waals surface area contributed by atoms with Crippen molar-refractivity contribution < 1.29 is 74.2 Å². The summed E-state index contributed by atoms with van der Waals surface area (Å²) in [5.41, 5.74) is -0.239. The Bertz CT molecular complexity index is 247. The van der Waals surface area contributed by atoms with Gasteiger partial charge in [-0.3, -0.25) is 0 Å². The van der Waals surface area contributed by atoms with E-state index < -0.39 is 18.5 Å². The van der Waals surface area contributed by atoms with Crippen LogP contribution >= 0.6 is 0 Å². The van der Waals surface area contributed by atoms with Crippen molar-refractivity contribution in [3.63, 3.8) is 0 Å². The molecule has 12 heavy (non-hydrogen) atoms. The van der Waals surface area contributed by atoms with E-state index in [2.05, 4.69) is 9.68 Å². The van der Waals surface area contributed by atoms with Gasteiger partial charge in [0.2, 0.25) is 5.76 Å². The molecule has 0 fully saturated rings. The van der Waals surface area contributed by atoms with Gasteiger partial charge in [0.1, 0.15) is 0 Å². The molecule has 0 aliphatic heterocycles. The monoisotopic (exact) mass is 205 g/mol. The normalized spacial score (nSPS) is 11.0. The Morgan fingerprint density at radius 3 is 2.33 bits per heavy atom. The molecule has 7 heteroatoms. The molecule has 0 saturated heterocycles. The molecule has 3 nitrogen and oxygen atoms in total. The molecule has 0 aromatic carbocycles. The second kappa shape index (κ2) is 4.73. The molecule has 0 aliphatic rings. The topological polar surface area (TPSA) is 49.1 Å². The van der Waals surface area contributed by atoms with E-state index in [-0.39, 0.29) is 57.1 Å². The average molecular weight is 205 g/mol. The SMILES string of the molecule is [K+].[O-]Cc1cc(C(F)(F)F)on1. The zero-order chi connectivity index (χ0) is 8.48. The van der Waals surface area contributed by atoms with E-state index in [0.717, 1.165) is 0 Å². The van der Waals surface area contributed by atoms with Crippen LogP contribution in [-0.4, -0.2) is 5.16 Å². The fraction of sp³-hybridized carbons (Fsp3) is 0.400. The van der Waals surface area contributed by atoms with Crippen LogP contribution < -0.4 is 56.5 Å². The molecule has 0 amide bonds. The zero-order valence-corrected chi connectivity index (χ0v) is 9.31. The summed E-state index contributed by atoms with van der Waals surface area (Å²) in [6.07, 6.45) is -4.56. The largest absolute Gasteiger partial charge is 1.00 e. The molecule has 0 saturated carbocycles. The number of aromatic nitrogens is 1. The summed E-state index contributed by atoms with van der Waals surface area (Å²) in [5.74, 6) is -1.23. The third-order valence-corrected chi connectivity index (χ3v) is 0.986. The summed E-state index contributed by atoms with van der Waals surface area (Å²) in [4.78, 5) is 0. The molecule has 0 spiro atoms. The molecular formula is C5H3F3KNO2. The van der Waals surface area contributed by atoms with Gasteiger partial charge in [-0.2, -0.15) is 13.2 Å². The van der Waals surface area contributed by atoms with Crippen molar-refractivity contribution in [3.05, 3.63) is 17.5 Å². The predicted octanol–water partition coefficient (Wildman–Crippen LogP) is -2.44. The Labute approximate surface area is 108 Å². The number of alkyl halides is 3. The average Bonchev–Trinajstić information content (AvgIpc) is 2.32. The van der Waals surface area contributed by atoms with Crippen molar-refractivity contribution in [1.29, 1.82) is 0 Å². The van der Waals surface area contributed by atoms with E-state index >= 15 is 0 Å². The van der Waals surface area contributed by atoms with Gasteiger partial charge in [-0.25, -0.2) is 0 Å². The summed E-state index contributed by atoms with van der Waals surface area (Å²) in [6.45, 7) is -0.806. The van der Waals surface area contributed by atoms with E-state index in [0.29, 0.717) is 6.07 Å². The van der Waals surface area contributed by atoms with E-state index in [4.69, 9.17) is 0 Å². The Kier molecular flexibility index (Phi) is 4.96. The summed E-state index contributed by atoms with van der Waals surface area (Å²) in [5, 5.41) is 12.9. The molecule has 0 N–H and O–H groups in total. The minimum absolute atomic E-state index is 0. The van der Waals surface area contributed by atoms with Crippen molar-refractivity contribution in [2.75, 3.05) is 0 Å². The van der Waals surface area contributed by atoms with Gasteiger partial charge in [0.25, 0.3) is 0 Å². The summed E-state index contributed by atoms with van der Waals surface area (Å²) >= 11 is 0. The molecule has 1 aromatic rings. The molecule has 0 unspecified atom stereocenters. The standard InChI is InChI=1S/C5H3F3NO2.K/c6-5(7,8)4-1-3(2-10)9-11-4;/h1H,2H2;/q-1;+1. The van der Waals surface area contributed by atoms with E-state index in [1.54, 1.807) is 0 Å². The third-order valence-electron chi connectivity index (χ3n) is 0.986. The predicted molar refractivity (Wildman–Crippen MR) is 25.2 cm³/mol. The third kappa shape index (κ3) is 3.15. The number of hydrogen-bond acceptors (Lipinski definition) is 3. The van der Waals surface area contributed by atoms with Crippen molar-refractivity contribution in [3.8, 4) is 0 Å². The van der Waals surface area contributed by atoms with E-state index in [1.807, 2.05) is 0 Å². The Hall–Kier alpha value is 0.596. The zero-order valence-electron chi connectivity index (χ0n) is 6.18. The van der Waals surface area contributed by atoms with Crippen molar-refractivity contribution in [2.24, 2.45) is 0 Å². The maximum atomic E-state index is 11.7. The second-order valence-electron chi connectivity index (χ2n) is 1.82. The smallest absolute Gasteiger partial charge is 0.850 e. The molecule has 0 aliphatic carbocycles. The molecule has 0 atom stereocenters. The van der Waals surface area contributed by atoms with Crippen LogP contribution in [0.2, 0.25) is 0 Å². The first kappa shape index (κ1) is 12.6. The van der Waals surface area contributed by atoms with Crippen LogP contribution in [0.4, 0.5) is 13.2 Å². The summed E-state index contributed by atoms with van der Waals surface area (Å²) in [7, 11) is 0. The van der Waals surface area contributed by atoms with Gasteiger partial charge in [-0.1, -0.05) is 11.8 Å². The van der Waals surface area contributed by atoms with E-state index in [1.165, 1.54) is 0 Å². The van der Waals surface area contributed by atoms with Crippen molar-refractivity contribution in [1.82, 2.24) is 5.16 Å². The van der Waals surface area contributed by atoms with Crippen LogP contribution in [0.1, 0.15) is 11.5 Å². The second-order valence-corrected chi connectivity index (χ2v) is 1.82. The minimum Gasteiger partial charge on any atom is -0.850 e. The maximum absolute atomic E-state index is 11.7. The van der Waals surface area contributed by atoms with Crippen LogP contribution in [0.3, 0.4) is 0 Å². The fourth-order valence-corrected chi connectivity index (χ4v) is 0.513. The van der Waals surface area contributed by atoms with Crippen molar-refractivity contribution >= 4 is 0 Å². The minimum atomic E-state index is -4.56. The first-order valence-electron chi connectivity index (χ1n) is 2.65. The summed E-state index contributed by atoms with van der Waals surface area (Å²) in [6, 6.07) is 0.590.